The Balaban J connectivity index is 2.03. The van der Waals surface area contributed by atoms with Crippen molar-refractivity contribution < 1.29 is 19.4 Å². The van der Waals surface area contributed by atoms with Gasteiger partial charge >= 0.3 is 5.97 Å². The minimum Gasteiger partial charge on any atom is -0.507 e. The van der Waals surface area contributed by atoms with Crippen molar-refractivity contribution in [2.75, 3.05) is 5.32 Å². The van der Waals surface area contributed by atoms with Gasteiger partial charge in [-0.15, -0.1) is 0 Å². The second-order valence-electron chi connectivity index (χ2n) is 4.89. The van der Waals surface area contributed by atoms with Crippen LogP contribution in [-0.2, 0) is 9.53 Å². The van der Waals surface area contributed by atoms with Crippen molar-refractivity contribution in [2.45, 2.75) is 13.0 Å². The standard InChI is InChI=1S/C17H13ClN2O4/c1-10(16(22)20-13-4-2-3-11(7-13)9-19)24-17(23)14-6-5-12(18)8-15(14)21/h2-8,10,21H,1H3,(H,20,22)/t10-/m1/s1. The van der Waals surface area contributed by atoms with Crippen LogP contribution < -0.4 is 5.32 Å². The number of halogens is 1. The Morgan fingerprint density at radius 3 is 2.71 bits per heavy atom. The van der Waals surface area contributed by atoms with E-state index in [-0.39, 0.29) is 16.3 Å². The van der Waals surface area contributed by atoms with Crippen LogP contribution in [0.5, 0.6) is 5.75 Å². The van der Waals surface area contributed by atoms with Gasteiger partial charge in [0.05, 0.1) is 11.6 Å². The molecular weight excluding hydrogens is 332 g/mol. The maximum Gasteiger partial charge on any atom is 0.342 e. The minimum absolute atomic E-state index is 0.0921. The predicted octanol–water partition coefficient (Wildman–Crippen LogP) is 3.10. The van der Waals surface area contributed by atoms with E-state index in [2.05, 4.69) is 5.32 Å². The average molecular weight is 345 g/mol. The lowest BCUT2D eigenvalue weighted by Crippen LogP contribution is -2.30. The van der Waals surface area contributed by atoms with E-state index in [0.29, 0.717) is 11.3 Å². The summed E-state index contributed by atoms with van der Waals surface area (Å²) in [7, 11) is 0. The van der Waals surface area contributed by atoms with Gasteiger partial charge in [0.2, 0.25) is 0 Å². The van der Waals surface area contributed by atoms with Gasteiger partial charge in [0.15, 0.2) is 6.10 Å². The van der Waals surface area contributed by atoms with Crippen LogP contribution in [0.25, 0.3) is 0 Å². The first-order chi connectivity index (χ1) is 11.4. The van der Waals surface area contributed by atoms with Gasteiger partial charge in [0.1, 0.15) is 11.3 Å². The summed E-state index contributed by atoms with van der Waals surface area (Å²) in [6.07, 6.45) is -1.10. The van der Waals surface area contributed by atoms with Gasteiger partial charge in [-0.1, -0.05) is 17.7 Å². The maximum atomic E-state index is 12.1. The van der Waals surface area contributed by atoms with Crippen LogP contribution in [0.3, 0.4) is 0 Å². The number of carbonyl (C=O) groups excluding carboxylic acids is 2. The molecule has 0 radical (unpaired) electrons. The molecule has 7 heteroatoms. The molecule has 0 aliphatic carbocycles. The van der Waals surface area contributed by atoms with Crippen LogP contribution in [0.4, 0.5) is 5.69 Å². The molecule has 2 aromatic carbocycles. The molecule has 2 N–H and O–H groups in total. The number of hydrogen-bond acceptors (Lipinski definition) is 5. The Hall–Kier alpha value is -3.04. The fourth-order valence-electron chi connectivity index (χ4n) is 1.87. The molecule has 0 fully saturated rings. The van der Waals surface area contributed by atoms with Crippen LogP contribution >= 0.6 is 11.6 Å². The largest absolute Gasteiger partial charge is 0.507 e. The minimum atomic E-state index is -1.10. The molecule has 24 heavy (non-hydrogen) atoms. The van der Waals surface area contributed by atoms with Gasteiger partial charge in [-0.3, -0.25) is 4.79 Å². The number of rotatable bonds is 4. The van der Waals surface area contributed by atoms with Crippen molar-refractivity contribution in [3.63, 3.8) is 0 Å². The fraction of sp³-hybridized carbons (Fsp3) is 0.118. The summed E-state index contributed by atoms with van der Waals surface area (Å²) >= 11 is 5.69. The first-order valence-corrected chi connectivity index (χ1v) is 7.29. The lowest BCUT2D eigenvalue weighted by Gasteiger charge is -2.14. The molecule has 0 heterocycles. The molecule has 0 aliphatic rings. The zero-order valence-electron chi connectivity index (χ0n) is 12.6. The summed E-state index contributed by atoms with van der Waals surface area (Å²) in [5.74, 6) is -1.74. The summed E-state index contributed by atoms with van der Waals surface area (Å²) in [5, 5.41) is 21.3. The van der Waals surface area contributed by atoms with Crippen molar-refractivity contribution >= 4 is 29.2 Å². The second kappa shape index (κ2) is 7.49. The molecule has 2 rings (SSSR count). The van der Waals surface area contributed by atoms with E-state index in [0.717, 1.165) is 0 Å². The molecule has 0 aliphatic heterocycles. The summed E-state index contributed by atoms with van der Waals surface area (Å²) in [6, 6.07) is 12.2. The van der Waals surface area contributed by atoms with E-state index < -0.39 is 18.0 Å². The van der Waals surface area contributed by atoms with Gasteiger partial charge < -0.3 is 15.2 Å². The highest BCUT2D eigenvalue weighted by Gasteiger charge is 2.21. The first-order valence-electron chi connectivity index (χ1n) is 6.91. The van der Waals surface area contributed by atoms with Crippen LogP contribution in [0, 0.1) is 11.3 Å². The van der Waals surface area contributed by atoms with Gasteiger partial charge in [-0.2, -0.15) is 5.26 Å². The molecule has 0 aromatic heterocycles. The van der Waals surface area contributed by atoms with Crippen molar-refractivity contribution in [1.82, 2.24) is 0 Å². The summed E-state index contributed by atoms with van der Waals surface area (Å²) < 4.78 is 5.03. The fourth-order valence-corrected chi connectivity index (χ4v) is 2.03. The highest BCUT2D eigenvalue weighted by Crippen LogP contribution is 2.23. The van der Waals surface area contributed by atoms with E-state index in [9.17, 15) is 14.7 Å². The Morgan fingerprint density at radius 2 is 2.04 bits per heavy atom. The number of nitrogens with zero attached hydrogens (tertiary/aromatic N) is 1. The number of carbonyl (C=O) groups is 2. The summed E-state index contributed by atoms with van der Waals surface area (Å²) in [5.41, 5.74) is 0.713. The number of phenolic OH excluding ortho intramolecular Hbond substituents is 1. The van der Waals surface area contributed by atoms with Gasteiger partial charge in [-0.25, -0.2) is 4.79 Å². The molecule has 0 unspecified atom stereocenters. The van der Waals surface area contributed by atoms with Crippen molar-refractivity contribution in [3.8, 4) is 11.8 Å². The Labute approximate surface area is 143 Å². The van der Waals surface area contributed by atoms with Crippen LogP contribution in [-0.4, -0.2) is 23.1 Å². The number of aromatic hydroxyl groups is 1. The van der Waals surface area contributed by atoms with Crippen molar-refractivity contribution in [3.05, 3.63) is 58.6 Å². The van der Waals surface area contributed by atoms with Crippen LogP contribution in [0.1, 0.15) is 22.8 Å². The molecular formula is C17H13ClN2O4. The Bertz CT molecular complexity index is 830. The third kappa shape index (κ3) is 4.24. The molecule has 122 valence electrons. The number of phenols is 1. The molecule has 6 nitrogen and oxygen atoms in total. The van der Waals surface area contributed by atoms with Crippen molar-refractivity contribution in [2.24, 2.45) is 0 Å². The third-order valence-corrected chi connectivity index (χ3v) is 3.33. The second-order valence-corrected chi connectivity index (χ2v) is 5.33. The number of benzene rings is 2. The monoisotopic (exact) mass is 344 g/mol. The lowest BCUT2D eigenvalue weighted by molar-refractivity contribution is -0.123. The average Bonchev–Trinajstić information content (AvgIpc) is 2.54. The molecule has 0 spiro atoms. The number of ether oxygens (including phenoxy) is 1. The van der Waals surface area contributed by atoms with Crippen LogP contribution in [0.15, 0.2) is 42.5 Å². The molecule has 0 bridgehead atoms. The topological polar surface area (TPSA) is 99.4 Å². The SMILES string of the molecule is C[C@@H](OC(=O)c1ccc(Cl)cc1O)C(=O)Nc1cccc(C#N)c1. The number of nitriles is 1. The predicted molar refractivity (Wildman–Crippen MR) is 87.8 cm³/mol. The zero-order chi connectivity index (χ0) is 17.7. The van der Waals surface area contributed by atoms with Crippen molar-refractivity contribution in [1.29, 1.82) is 5.26 Å². The van der Waals surface area contributed by atoms with E-state index in [1.165, 1.54) is 31.2 Å². The summed E-state index contributed by atoms with van der Waals surface area (Å²) in [4.78, 5) is 24.1. The molecule has 1 amide bonds. The number of esters is 1. The highest BCUT2D eigenvalue weighted by atomic mass is 35.5. The zero-order valence-corrected chi connectivity index (χ0v) is 13.4. The van der Waals surface area contributed by atoms with E-state index in [1.807, 2.05) is 6.07 Å². The Kier molecular flexibility index (Phi) is 5.40. The highest BCUT2D eigenvalue weighted by molar-refractivity contribution is 6.30. The lowest BCUT2D eigenvalue weighted by atomic mass is 10.2. The van der Waals surface area contributed by atoms with E-state index in [4.69, 9.17) is 21.6 Å². The molecule has 0 saturated carbocycles. The maximum absolute atomic E-state index is 12.1. The van der Waals surface area contributed by atoms with Gasteiger partial charge in [0, 0.05) is 10.7 Å². The van der Waals surface area contributed by atoms with Crippen LogP contribution in [0.2, 0.25) is 5.02 Å². The van der Waals surface area contributed by atoms with E-state index >= 15 is 0 Å². The van der Waals surface area contributed by atoms with Gasteiger partial charge in [0.25, 0.3) is 5.91 Å². The number of hydrogen-bond donors (Lipinski definition) is 2. The smallest absolute Gasteiger partial charge is 0.342 e. The molecule has 1 atom stereocenters. The molecule has 0 saturated heterocycles. The first kappa shape index (κ1) is 17.3. The number of nitrogens with one attached hydrogen (secondary N) is 1. The van der Waals surface area contributed by atoms with Gasteiger partial charge in [-0.05, 0) is 43.3 Å². The third-order valence-electron chi connectivity index (χ3n) is 3.09. The normalized spacial score (nSPS) is 11.2. The Morgan fingerprint density at radius 1 is 1.29 bits per heavy atom. The molecule has 2 aromatic rings. The quantitative estimate of drug-likeness (QED) is 0.830. The van der Waals surface area contributed by atoms with E-state index in [1.54, 1.807) is 18.2 Å². The number of amides is 1. The summed E-state index contributed by atoms with van der Waals surface area (Å²) in [6.45, 7) is 1.40. The number of anilines is 1.